The number of carbonyl (C=O) groups excluding carboxylic acids is 1. The van der Waals surface area contributed by atoms with Crippen LogP contribution in [-0.2, 0) is 22.6 Å². The van der Waals surface area contributed by atoms with Crippen LogP contribution in [0.1, 0.15) is 36.5 Å². The third-order valence-corrected chi connectivity index (χ3v) is 6.17. The van der Waals surface area contributed by atoms with Gasteiger partial charge < -0.3 is 14.7 Å². The second kappa shape index (κ2) is 10.7. The molecule has 0 unspecified atom stereocenters. The van der Waals surface area contributed by atoms with Crippen molar-refractivity contribution in [3.8, 4) is 5.75 Å². The zero-order valence-corrected chi connectivity index (χ0v) is 19.8. The van der Waals surface area contributed by atoms with Crippen LogP contribution in [0.25, 0.3) is 0 Å². The number of rotatable bonds is 8. The smallest absolute Gasteiger partial charge is 0.321 e. The minimum atomic E-state index is -1.10. The third-order valence-electron chi connectivity index (χ3n) is 6.17. The van der Waals surface area contributed by atoms with Gasteiger partial charge in [0.05, 0.1) is 12.2 Å². The maximum Gasteiger partial charge on any atom is 0.321 e. The van der Waals surface area contributed by atoms with E-state index in [4.69, 9.17) is 4.74 Å². The minimum Gasteiger partial charge on any atom is -0.489 e. The van der Waals surface area contributed by atoms with Crippen LogP contribution >= 0.6 is 0 Å². The standard InChI is InChI=1S/C28H29FN2O4/c1-18(2)21-11-7-20(8-12-21)16-31-25-5-3-4-6-26(25)35-17-24(27(31)32)30-23(28(33)34)15-19-9-13-22(29)14-10-19/h3-14,18,23-24,30H,15-17H2,1-2H3,(H,33,34)/t23-,24+/m0/s1. The Balaban J connectivity index is 1.58. The van der Waals surface area contributed by atoms with Crippen LogP contribution in [-0.4, -0.2) is 35.7 Å². The van der Waals surface area contributed by atoms with E-state index in [9.17, 15) is 19.1 Å². The van der Waals surface area contributed by atoms with Gasteiger partial charge in [0.2, 0.25) is 5.91 Å². The number of para-hydroxylation sites is 2. The summed E-state index contributed by atoms with van der Waals surface area (Å²) in [5, 5.41) is 12.8. The molecule has 2 N–H and O–H groups in total. The van der Waals surface area contributed by atoms with Crippen LogP contribution in [0.3, 0.4) is 0 Å². The monoisotopic (exact) mass is 476 g/mol. The molecular formula is C28H29FN2O4. The number of nitrogens with one attached hydrogen (secondary N) is 1. The summed E-state index contributed by atoms with van der Waals surface area (Å²) >= 11 is 0. The van der Waals surface area contributed by atoms with Crippen molar-refractivity contribution in [1.29, 1.82) is 0 Å². The average molecular weight is 477 g/mol. The first-order valence-corrected chi connectivity index (χ1v) is 11.7. The van der Waals surface area contributed by atoms with Crippen molar-refractivity contribution in [2.75, 3.05) is 11.5 Å². The second-order valence-corrected chi connectivity index (χ2v) is 9.04. The Morgan fingerprint density at radius 3 is 2.37 bits per heavy atom. The normalized spacial score (nSPS) is 16.4. The lowest BCUT2D eigenvalue weighted by molar-refractivity contribution is -0.140. The van der Waals surface area contributed by atoms with Crippen LogP contribution in [0, 0.1) is 5.82 Å². The van der Waals surface area contributed by atoms with Gasteiger partial charge >= 0.3 is 5.97 Å². The Morgan fingerprint density at radius 1 is 1.06 bits per heavy atom. The summed E-state index contributed by atoms with van der Waals surface area (Å²) in [4.78, 5) is 27.3. The van der Waals surface area contributed by atoms with E-state index in [1.807, 2.05) is 30.3 Å². The molecule has 3 aromatic carbocycles. The van der Waals surface area contributed by atoms with Crippen molar-refractivity contribution in [1.82, 2.24) is 5.32 Å². The van der Waals surface area contributed by atoms with E-state index in [1.54, 1.807) is 23.1 Å². The Kier molecular flexibility index (Phi) is 7.46. The fraction of sp³-hybridized carbons (Fsp3) is 0.286. The second-order valence-electron chi connectivity index (χ2n) is 9.04. The van der Waals surface area contributed by atoms with E-state index in [0.29, 0.717) is 29.5 Å². The van der Waals surface area contributed by atoms with Crippen molar-refractivity contribution in [2.45, 2.75) is 44.8 Å². The highest BCUT2D eigenvalue weighted by Crippen LogP contribution is 2.32. The Morgan fingerprint density at radius 2 is 1.71 bits per heavy atom. The van der Waals surface area contributed by atoms with E-state index < -0.39 is 23.9 Å². The number of halogens is 1. The highest BCUT2D eigenvalue weighted by molar-refractivity contribution is 5.99. The number of benzene rings is 3. The zero-order chi connectivity index (χ0) is 24.9. The number of hydrogen-bond acceptors (Lipinski definition) is 4. The molecule has 35 heavy (non-hydrogen) atoms. The number of aliphatic carboxylic acids is 1. The van der Waals surface area contributed by atoms with Gasteiger partial charge in [0, 0.05) is 0 Å². The molecule has 0 spiro atoms. The predicted molar refractivity (Wildman–Crippen MR) is 132 cm³/mol. The van der Waals surface area contributed by atoms with Crippen LogP contribution in [0.5, 0.6) is 5.75 Å². The lowest BCUT2D eigenvalue weighted by Gasteiger charge is -2.27. The van der Waals surface area contributed by atoms with E-state index in [1.165, 1.54) is 17.7 Å². The molecule has 1 amide bonds. The largest absolute Gasteiger partial charge is 0.489 e. The molecule has 1 heterocycles. The summed E-state index contributed by atoms with van der Waals surface area (Å²) in [6.07, 6.45) is 0.100. The number of carbonyl (C=O) groups is 2. The van der Waals surface area contributed by atoms with Crippen molar-refractivity contribution < 1.29 is 23.8 Å². The van der Waals surface area contributed by atoms with Crippen LogP contribution in [0.4, 0.5) is 10.1 Å². The number of anilines is 1. The topological polar surface area (TPSA) is 78.9 Å². The first-order valence-electron chi connectivity index (χ1n) is 11.7. The summed E-state index contributed by atoms with van der Waals surface area (Å²) in [7, 11) is 0. The van der Waals surface area contributed by atoms with Crippen LogP contribution in [0.15, 0.2) is 72.8 Å². The van der Waals surface area contributed by atoms with E-state index in [-0.39, 0.29) is 18.9 Å². The highest BCUT2D eigenvalue weighted by atomic mass is 19.1. The van der Waals surface area contributed by atoms with E-state index in [0.717, 1.165) is 5.56 Å². The molecule has 0 saturated heterocycles. The molecule has 2 atom stereocenters. The Bertz CT molecular complexity index is 1180. The average Bonchev–Trinajstić information content (AvgIpc) is 2.97. The van der Waals surface area contributed by atoms with Crippen molar-refractivity contribution in [3.05, 3.63) is 95.3 Å². The summed E-state index contributed by atoms with van der Waals surface area (Å²) in [5.74, 6) is -0.793. The molecule has 0 saturated carbocycles. The number of amides is 1. The fourth-order valence-electron chi connectivity index (χ4n) is 4.14. The first kappa shape index (κ1) is 24.4. The van der Waals surface area contributed by atoms with Gasteiger partial charge in [-0.3, -0.25) is 14.9 Å². The maximum atomic E-state index is 13.7. The molecule has 4 rings (SSSR count). The van der Waals surface area contributed by atoms with Gasteiger partial charge in [-0.1, -0.05) is 62.4 Å². The number of carboxylic acids is 1. The molecule has 3 aromatic rings. The molecule has 0 bridgehead atoms. The predicted octanol–water partition coefficient (Wildman–Crippen LogP) is 4.53. The molecule has 0 aliphatic carbocycles. The van der Waals surface area contributed by atoms with Gasteiger partial charge in [-0.05, 0) is 53.3 Å². The van der Waals surface area contributed by atoms with Gasteiger partial charge in [-0.25, -0.2) is 4.39 Å². The van der Waals surface area contributed by atoms with Gasteiger partial charge in [-0.2, -0.15) is 0 Å². The van der Waals surface area contributed by atoms with Gasteiger partial charge in [0.25, 0.3) is 0 Å². The van der Waals surface area contributed by atoms with Gasteiger partial charge in [0.1, 0.15) is 30.3 Å². The number of fused-ring (bicyclic) bond motifs is 1. The highest BCUT2D eigenvalue weighted by Gasteiger charge is 2.34. The third kappa shape index (κ3) is 5.87. The summed E-state index contributed by atoms with van der Waals surface area (Å²) in [5.41, 5.74) is 3.46. The van der Waals surface area contributed by atoms with Crippen LogP contribution in [0.2, 0.25) is 0 Å². The molecule has 1 aliphatic heterocycles. The van der Waals surface area contributed by atoms with E-state index in [2.05, 4.69) is 31.3 Å². The zero-order valence-electron chi connectivity index (χ0n) is 19.8. The minimum absolute atomic E-state index is 0.00810. The Hall–Kier alpha value is -3.71. The Labute approximate surface area is 204 Å². The number of carboxylic acid groups (broad SMARTS) is 1. The number of nitrogens with zero attached hydrogens (tertiary/aromatic N) is 1. The van der Waals surface area contributed by atoms with Crippen LogP contribution < -0.4 is 15.0 Å². The molecule has 0 fully saturated rings. The van der Waals surface area contributed by atoms with Crippen molar-refractivity contribution in [3.63, 3.8) is 0 Å². The summed E-state index contributed by atoms with van der Waals surface area (Å²) < 4.78 is 19.2. The SMILES string of the molecule is CC(C)c1ccc(CN2C(=O)[C@H](N[C@@H](Cc3ccc(F)cc3)C(=O)O)COc3ccccc32)cc1. The molecule has 0 radical (unpaired) electrons. The van der Waals surface area contributed by atoms with E-state index >= 15 is 0 Å². The molecule has 182 valence electrons. The molecular weight excluding hydrogens is 447 g/mol. The first-order chi connectivity index (χ1) is 16.8. The number of ether oxygens (including phenoxy) is 1. The maximum absolute atomic E-state index is 13.7. The fourth-order valence-corrected chi connectivity index (χ4v) is 4.14. The lowest BCUT2D eigenvalue weighted by atomic mass is 10.0. The quantitative estimate of drug-likeness (QED) is 0.500. The lowest BCUT2D eigenvalue weighted by Crippen LogP contribution is -2.54. The molecule has 0 aromatic heterocycles. The molecule has 7 heteroatoms. The van der Waals surface area contributed by atoms with Gasteiger partial charge in [0.15, 0.2) is 0 Å². The molecule has 6 nitrogen and oxygen atoms in total. The van der Waals surface area contributed by atoms with Crippen molar-refractivity contribution in [2.24, 2.45) is 0 Å². The number of hydrogen-bond donors (Lipinski definition) is 2. The summed E-state index contributed by atoms with van der Waals surface area (Å²) in [6.45, 7) is 4.57. The molecule has 1 aliphatic rings. The van der Waals surface area contributed by atoms with Crippen molar-refractivity contribution >= 4 is 17.6 Å². The summed E-state index contributed by atoms with van der Waals surface area (Å²) in [6, 6.07) is 19.2. The van der Waals surface area contributed by atoms with Gasteiger partial charge in [-0.15, -0.1) is 0 Å².